The van der Waals surface area contributed by atoms with Gasteiger partial charge in [0.15, 0.2) is 0 Å². The summed E-state index contributed by atoms with van der Waals surface area (Å²) in [6, 6.07) is 1.36. The first kappa shape index (κ1) is 15.8. The van der Waals surface area contributed by atoms with E-state index in [1.54, 1.807) is 6.92 Å². The highest BCUT2D eigenvalue weighted by atomic mass is 16.2. The molecule has 0 aromatic carbocycles. The first-order valence-corrected chi connectivity index (χ1v) is 8.70. The fourth-order valence-electron chi connectivity index (χ4n) is 3.94. The van der Waals surface area contributed by atoms with Gasteiger partial charge in [-0.1, -0.05) is 32.6 Å². The second-order valence-electron chi connectivity index (χ2n) is 6.81. The van der Waals surface area contributed by atoms with Gasteiger partial charge >= 0.3 is 0 Å². The lowest BCUT2D eigenvalue weighted by atomic mass is 9.95. The van der Waals surface area contributed by atoms with E-state index in [0.717, 1.165) is 37.9 Å². The van der Waals surface area contributed by atoms with E-state index in [9.17, 15) is 4.79 Å². The van der Waals surface area contributed by atoms with Crippen molar-refractivity contribution < 1.29 is 4.79 Å². The van der Waals surface area contributed by atoms with Gasteiger partial charge in [0.2, 0.25) is 5.91 Å². The van der Waals surface area contributed by atoms with E-state index >= 15 is 0 Å². The summed E-state index contributed by atoms with van der Waals surface area (Å²) in [5, 5.41) is 3.88. The monoisotopic (exact) mass is 280 g/mol. The summed E-state index contributed by atoms with van der Waals surface area (Å²) in [5.41, 5.74) is 0. The molecule has 0 aromatic rings. The second kappa shape index (κ2) is 8.02. The second-order valence-corrected chi connectivity index (χ2v) is 6.81. The minimum atomic E-state index is 0.236. The van der Waals surface area contributed by atoms with E-state index in [4.69, 9.17) is 0 Å². The van der Waals surface area contributed by atoms with Gasteiger partial charge in [-0.3, -0.25) is 4.79 Å². The van der Waals surface area contributed by atoms with E-state index in [1.807, 2.05) is 4.90 Å². The van der Waals surface area contributed by atoms with Crippen LogP contribution in [0.15, 0.2) is 0 Å². The Hall–Kier alpha value is -0.570. The normalized spacial score (nSPS) is 29.2. The SMILES string of the molecule is CCCC1CCCC(NC2CCN(C(C)=O)CC2)CC1. The molecule has 1 amide bonds. The molecule has 0 spiro atoms. The molecule has 20 heavy (non-hydrogen) atoms. The summed E-state index contributed by atoms with van der Waals surface area (Å²) < 4.78 is 0. The number of carbonyl (C=O) groups is 1. The Balaban J connectivity index is 1.70. The van der Waals surface area contributed by atoms with Gasteiger partial charge in [0.05, 0.1) is 0 Å². The van der Waals surface area contributed by atoms with E-state index in [1.165, 1.54) is 44.9 Å². The minimum Gasteiger partial charge on any atom is -0.343 e. The van der Waals surface area contributed by atoms with Crippen LogP contribution < -0.4 is 5.32 Å². The zero-order chi connectivity index (χ0) is 14.4. The average molecular weight is 280 g/mol. The summed E-state index contributed by atoms with van der Waals surface area (Å²) in [6.07, 6.45) is 12.0. The van der Waals surface area contributed by atoms with Gasteiger partial charge < -0.3 is 10.2 Å². The average Bonchev–Trinajstić information content (AvgIpc) is 2.66. The first-order chi connectivity index (χ1) is 9.69. The standard InChI is InChI=1S/C17H32N2O/c1-3-5-15-6-4-7-16(9-8-15)18-17-10-12-19(13-11-17)14(2)20/h15-18H,3-13H2,1-2H3. The summed E-state index contributed by atoms with van der Waals surface area (Å²) in [4.78, 5) is 13.3. The summed E-state index contributed by atoms with van der Waals surface area (Å²) >= 11 is 0. The molecule has 2 aliphatic rings. The fraction of sp³-hybridized carbons (Fsp3) is 0.941. The number of carbonyl (C=O) groups excluding carboxylic acids is 1. The number of nitrogens with zero attached hydrogens (tertiary/aromatic N) is 1. The summed E-state index contributed by atoms with van der Waals surface area (Å²) in [7, 11) is 0. The summed E-state index contributed by atoms with van der Waals surface area (Å²) in [6.45, 7) is 5.88. The Kier molecular flexibility index (Phi) is 6.34. The lowest BCUT2D eigenvalue weighted by molar-refractivity contribution is -0.129. The van der Waals surface area contributed by atoms with Crippen molar-refractivity contribution in [2.75, 3.05) is 13.1 Å². The van der Waals surface area contributed by atoms with E-state index in [0.29, 0.717) is 6.04 Å². The van der Waals surface area contributed by atoms with Crippen LogP contribution in [-0.2, 0) is 4.79 Å². The number of likely N-dealkylation sites (tertiary alicyclic amines) is 1. The Bertz CT molecular complexity index is 297. The van der Waals surface area contributed by atoms with Crippen LogP contribution in [0.3, 0.4) is 0 Å². The van der Waals surface area contributed by atoms with Crippen LogP contribution in [-0.4, -0.2) is 36.0 Å². The highest BCUT2D eigenvalue weighted by Gasteiger charge is 2.24. The van der Waals surface area contributed by atoms with Crippen molar-refractivity contribution >= 4 is 5.91 Å². The Morgan fingerprint density at radius 2 is 1.75 bits per heavy atom. The molecule has 3 nitrogen and oxygen atoms in total. The molecule has 1 aliphatic carbocycles. The van der Waals surface area contributed by atoms with Crippen LogP contribution in [0.5, 0.6) is 0 Å². The molecule has 2 fully saturated rings. The molecule has 0 radical (unpaired) electrons. The number of nitrogens with one attached hydrogen (secondary N) is 1. The smallest absolute Gasteiger partial charge is 0.219 e. The van der Waals surface area contributed by atoms with E-state index in [-0.39, 0.29) is 5.91 Å². The van der Waals surface area contributed by atoms with Crippen molar-refractivity contribution in [3.8, 4) is 0 Å². The van der Waals surface area contributed by atoms with Crippen LogP contribution in [0.4, 0.5) is 0 Å². The van der Waals surface area contributed by atoms with Crippen LogP contribution in [0.2, 0.25) is 0 Å². The predicted octanol–water partition coefficient (Wildman–Crippen LogP) is 3.34. The van der Waals surface area contributed by atoms with Crippen LogP contribution >= 0.6 is 0 Å². The Morgan fingerprint density at radius 1 is 1.05 bits per heavy atom. The van der Waals surface area contributed by atoms with Crippen LogP contribution in [0.1, 0.15) is 71.6 Å². The number of amides is 1. The van der Waals surface area contributed by atoms with Gasteiger partial charge in [-0.2, -0.15) is 0 Å². The zero-order valence-electron chi connectivity index (χ0n) is 13.4. The fourth-order valence-corrected chi connectivity index (χ4v) is 3.94. The van der Waals surface area contributed by atoms with E-state index in [2.05, 4.69) is 12.2 Å². The molecule has 1 heterocycles. The van der Waals surface area contributed by atoms with Crippen LogP contribution in [0, 0.1) is 5.92 Å². The number of rotatable bonds is 4. The number of piperidine rings is 1. The van der Waals surface area contributed by atoms with Crippen molar-refractivity contribution in [1.82, 2.24) is 10.2 Å². The molecule has 0 aromatic heterocycles. The van der Waals surface area contributed by atoms with E-state index < -0.39 is 0 Å². The van der Waals surface area contributed by atoms with Gasteiger partial charge in [-0.05, 0) is 38.0 Å². The molecule has 2 atom stereocenters. The number of hydrogen-bond donors (Lipinski definition) is 1. The minimum absolute atomic E-state index is 0.236. The highest BCUT2D eigenvalue weighted by molar-refractivity contribution is 5.73. The van der Waals surface area contributed by atoms with Gasteiger partial charge in [0.25, 0.3) is 0 Å². The summed E-state index contributed by atoms with van der Waals surface area (Å²) in [5.74, 6) is 1.21. The van der Waals surface area contributed by atoms with Crippen molar-refractivity contribution in [3.63, 3.8) is 0 Å². The van der Waals surface area contributed by atoms with Gasteiger partial charge in [0.1, 0.15) is 0 Å². The Morgan fingerprint density at radius 3 is 2.40 bits per heavy atom. The molecule has 2 unspecified atom stereocenters. The molecule has 116 valence electrons. The molecule has 1 saturated heterocycles. The van der Waals surface area contributed by atoms with Gasteiger partial charge in [-0.15, -0.1) is 0 Å². The van der Waals surface area contributed by atoms with Gasteiger partial charge in [-0.25, -0.2) is 0 Å². The van der Waals surface area contributed by atoms with Gasteiger partial charge in [0, 0.05) is 32.1 Å². The topological polar surface area (TPSA) is 32.3 Å². The molecule has 0 bridgehead atoms. The van der Waals surface area contributed by atoms with Crippen molar-refractivity contribution in [2.24, 2.45) is 5.92 Å². The maximum absolute atomic E-state index is 11.3. The third-order valence-corrected chi connectivity index (χ3v) is 5.20. The molecule has 2 rings (SSSR count). The maximum atomic E-state index is 11.3. The third kappa shape index (κ3) is 4.76. The lowest BCUT2D eigenvalue weighted by Gasteiger charge is -2.34. The molecular formula is C17H32N2O. The lowest BCUT2D eigenvalue weighted by Crippen LogP contribution is -2.47. The van der Waals surface area contributed by atoms with Crippen molar-refractivity contribution in [2.45, 2.75) is 83.7 Å². The predicted molar refractivity (Wildman–Crippen MR) is 83.7 cm³/mol. The molecule has 1 N–H and O–H groups in total. The molecule has 1 saturated carbocycles. The maximum Gasteiger partial charge on any atom is 0.219 e. The largest absolute Gasteiger partial charge is 0.343 e. The number of hydrogen-bond acceptors (Lipinski definition) is 2. The molecular weight excluding hydrogens is 248 g/mol. The Labute approximate surface area is 124 Å². The first-order valence-electron chi connectivity index (χ1n) is 8.70. The van der Waals surface area contributed by atoms with Crippen molar-refractivity contribution in [1.29, 1.82) is 0 Å². The highest BCUT2D eigenvalue weighted by Crippen LogP contribution is 2.27. The quantitative estimate of drug-likeness (QED) is 0.801. The molecule has 3 heteroatoms. The zero-order valence-corrected chi connectivity index (χ0v) is 13.4. The molecule has 1 aliphatic heterocycles. The van der Waals surface area contributed by atoms with Crippen molar-refractivity contribution in [3.05, 3.63) is 0 Å². The third-order valence-electron chi connectivity index (χ3n) is 5.20. The van der Waals surface area contributed by atoms with Crippen LogP contribution in [0.25, 0.3) is 0 Å².